The molecule has 0 radical (unpaired) electrons. The maximum Gasteiger partial charge on any atom is 0.146 e. The van der Waals surface area contributed by atoms with Gasteiger partial charge in [-0.15, -0.1) is 0 Å². The lowest BCUT2D eigenvalue weighted by Gasteiger charge is -2.49. The molecular weight excluding hydrogens is 511 g/mol. The second-order valence-corrected chi connectivity index (χ2v) is 10.1. The van der Waals surface area contributed by atoms with Gasteiger partial charge < -0.3 is 26.4 Å². The lowest BCUT2D eigenvalue weighted by molar-refractivity contribution is 0.227. The molecule has 0 bridgehead atoms. The molecule has 37 heavy (non-hydrogen) atoms. The number of anilines is 2. The van der Waals surface area contributed by atoms with Gasteiger partial charge >= 0.3 is 0 Å². The summed E-state index contributed by atoms with van der Waals surface area (Å²) >= 11 is 12.5. The first-order chi connectivity index (χ1) is 17.7. The van der Waals surface area contributed by atoms with Crippen LogP contribution in [0.2, 0.25) is 10.0 Å². The van der Waals surface area contributed by atoms with Gasteiger partial charge in [0, 0.05) is 67.1 Å². The van der Waals surface area contributed by atoms with Crippen LogP contribution in [0.1, 0.15) is 42.2 Å². The summed E-state index contributed by atoms with van der Waals surface area (Å²) in [5, 5.41) is 22.8. The molecule has 1 aromatic carbocycles. The molecule has 3 heterocycles. The molecule has 4 rings (SSSR count). The number of hydrogen-bond acceptors (Lipinski definition) is 9. The number of nitrogen functional groups attached to an aromatic ring is 1. The van der Waals surface area contributed by atoms with E-state index >= 15 is 0 Å². The number of halogens is 2. The normalized spacial score (nSPS) is 15.0. The van der Waals surface area contributed by atoms with Gasteiger partial charge in [0.05, 0.1) is 26.9 Å². The van der Waals surface area contributed by atoms with Gasteiger partial charge in [-0.1, -0.05) is 23.2 Å². The lowest BCUT2D eigenvalue weighted by Crippen LogP contribution is -2.68. The molecule has 3 aromatic rings. The molecule has 0 unspecified atom stereocenters. The van der Waals surface area contributed by atoms with Gasteiger partial charge in [0.2, 0.25) is 0 Å². The smallest absolute Gasteiger partial charge is 0.146 e. The SMILES string of the molecule is C[C@@H](Oc1ccc(N)c(C(=N)c2cnc(N3CC(C)(NCCN)C3)c(C#N)c2)c1)c1c(Cl)cncc1Cl. The molecule has 0 saturated carbocycles. The van der Waals surface area contributed by atoms with Crippen LogP contribution < -0.4 is 26.4 Å². The van der Waals surface area contributed by atoms with Gasteiger partial charge in [-0.05, 0) is 38.1 Å². The van der Waals surface area contributed by atoms with Crippen LogP contribution in [0, 0.1) is 16.7 Å². The Morgan fingerprint density at radius 2 is 1.97 bits per heavy atom. The van der Waals surface area contributed by atoms with Crippen molar-refractivity contribution in [2.75, 3.05) is 36.8 Å². The van der Waals surface area contributed by atoms with Crippen molar-refractivity contribution in [3.8, 4) is 11.8 Å². The van der Waals surface area contributed by atoms with Crippen molar-refractivity contribution in [1.29, 1.82) is 10.7 Å². The van der Waals surface area contributed by atoms with E-state index in [2.05, 4.69) is 28.3 Å². The van der Waals surface area contributed by atoms with Crippen molar-refractivity contribution in [2.24, 2.45) is 5.73 Å². The van der Waals surface area contributed by atoms with Crippen LogP contribution in [-0.4, -0.2) is 47.4 Å². The lowest BCUT2D eigenvalue weighted by atomic mass is 9.91. The zero-order chi connectivity index (χ0) is 26.7. The summed E-state index contributed by atoms with van der Waals surface area (Å²) < 4.78 is 6.07. The fraction of sp³-hybridized carbons (Fsp3) is 0.308. The number of benzene rings is 1. The van der Waals surface area contributed by atoms with E-state index in [9.17, 15) is 5.26 Å². The highest BCUT2D eigenvalue weighted by molar-refractivity contribution is 6.35. The molecule has 1 fully saturated rings. The van der Waals surface area contributed by atoms with Crippen LogP contribution >= 0.6 is 23.2 Å². The average Bonchev–Trinajstić information content (AvgIpc) is 2.86. The average molecular weight is 539 g/mol. The maximum atomic E-state index is 9.80. The van der Waals surface area contributed by atoms with Crippen LogP contribution in [-0.2, 0) is 0 Å². The van der Waals surface area contributed by atoms with Crippen molar-refractivity contribution in [2.45, 2.75) is 25.5 Å². The highest BCUT2D eigenvalue weighted by Crippen LogP contribution is 2.34. The van der Waals surface area contributed by atoms with Crippen LogP contribution in [0.25, 0.3) is 0 Å². The van der Waals surface area contributed by atoms with E-state index < -0.39 is 6.10 Å². The third-order valence-corrected chi connectivity index (χ3v) is 6.86. The predicted octanol–water partition coefficient (Wildman–Crippen LogP) is 3.92. The molecule has 0 spiro atoms. The third-order valence-electron chi connectivity index (χ3n) is 6.25. The molecule has 1 saturated heterocycles. The van der Waals surface area contributed by atoms with Crippen molar-refractivity contribution < 1.29 is 4.74 Å². The zero-order valence-electron chi connectivity index (χ0n) is 20.6. The number of ether oxygens (including phenoxy) is 1. The summed E-state index contributed by atoms with van der Waals surface area (Å²) in [7, 11) is 0. The summed E-state index contributed by atoms with van der Waals surface area (Å²) in [6, 6.07) is 8.95. The first kappa shape index (κ1) is 26.6. The summed E-state index contributed by atoms with van der Waals surface area (Å²) in [4.78, 5) is 10.5. The minimum absolute atomic E-state index is 0.0735. The number of nitriles is 1. The molecule has 0 aliphatic carbocycles. The fourth-order valence-corrected chi connectivity index (χ4v) is 5.09. The van der Waals surface area contributed by atoms with Crippen molar-refractivity contribution >= 4 is 40.4 Å². The number of hydrogen-bond donors (Lipinski definition) is 4. The molecule has 6 N–H and O–H groups in total. The maximum absolute atomic E-state index is 9.80. The van der Waals surface area contributed by atoms with E-state index in [0.29, 0.717) is 69.2 Å². The molecule has 1 aliphatic rings. The van der Waals surface area contributed by atoms with E-state index in [1.54, 1.807) is 30.5 Å². The minimum atomic E-state index is -0.471. The summed E-state index contributed by atoms with van der Waals surface area (Å²) in [5.74, 6) is 1.08. The van der Waals surface area contributed by atoms with Gasteiger partial charge in [-0.3, -0.25) is 10.4 Å². The quantitative estimate of drug-likeness (QED) is 0.236. The van der Waals surface area contributed by atoms with Crippen LogP contribution in [0.5, 0.6) is 5.75 Å². The predicted molar refractivity (Wildman–Crippen MR) is 147 cm³/mol. The Morgan fingerprint density at radius 3 is 2.62 bits per heavy atom. The molecule has 1 atom stereocenters. The van der Waals surface area contributed by atoms with E-state index in [4.69, 9.17) is 44.8 Å². The third kappa shape index (κ3) is 5.63. The summed E-state index contributed by atoms with van der Waals surface area (Å²) in [5.41, 5.74) is 14.2. The van der Waals surface area contributed by atoms with Crippen molar-refractivity contribution in [3.63, 3.8) is 0 Å². The van der Waals surface area contributed by atoms with Crippen LogP contribution in [0.4, 0.5) is 11.5 Å². The number of rotatable bonds is 9. The van der Waals surface area contributed by atoms with Crippen LogP contribution in [0.3, 0.4) is 0 Å². The van der Waals surface area contributed by atoms with Crippen LogP contribution in [0.15, 0.2) is 42.9 Å². The Kier molecular flexibility index (Phi) is 7.85. The van der Waals surface area contributed by atoms with Crippen molar-refractivity contribution in [1.82, 2.24) is 15.3 Å². The number of nitrogens with two attached hydrogens (primary N) is 2. The second kappa shape index (κ2) is 10.9. The highest BCUT2D eigenvalue weighted by atomic mass is 35.5. The zero-order valence-corrected chi connectivity index (χ0v) is 22.1. The molecule has 2 aromatic heterocycles. The number of aromatic nitrogens is 2. The van der Waals surface area contributed by atoms with Gasteiger partial charge in [0.25, 0.3) is 0 Å². The van der Waals surface area contributed by atoms with Gasteiger partial charge in [-0.2, -0.15) is 5.26 Å². The molecule has 9 nitrogen and oxygen atoms in total. The first-order valence-electron chi connectivity index (χ1n) is 11.7. The molecule has 11 heteroatoms. The van der Waals surface area contributed by atoms with Crippen molar-refractivity contribution in [3.05, 3.63) is 75.2 Å². The highest BCUT2D eigenvalue weighted by Gasteiger charge is 2.39. The number of nitrogens with one attached hydrogen (secondary N) is 2. The molecule has 1 aliphatic heterocycles. The second-order valence-electron chi connectivity index (χ2n) is 9.24. The Morgan fingerprint density at radius 1 is 1.27 bits per heavy atom. The Bertz CT molecular complexity index is 1350. The van der Waals surface area contributed by atoms with E-state index in [1.807, 2.05) is 11.8 Å². The number of pyridine rings is 2. The van der Waals surface area contributed by atoms with Gasteiger partial charge in [0.1, 0.15) is 23.7 Å². The van der Waals surface area contributed by atoms with E-state index in [-0.39, 0.29) is 11.3 Å². The van der Waals surface area contributed by atoms with Gasteiger partial charge in [0.15, 0.2) is 0 Å². The molecule has 192 valence electrons. The minimum Gasteiger partial charge on any atom is -0.486 e. The number of nitrogens with zero attached hydrogens (tertiary/aromatic N) is 4. The summed E-state index contributed by atoms with van der Waals surface area (Å²) in [6.07, 6.45) is 4.13. The van der Waals surface area contributed by atoms with Gasteiger partial charge in [-0.25, -0.2) is 4.98 Å². The topological polar surface area (TPSA) is 150 Å². The molecule has 0 amide bonds. The standard InChI is InChI=1S/C26H28Cl2N8O/c1-15(23-20(27)11-33-12-21(23)28)37-18-3-4-22(31)19(8-18)24(32)17-7-16(9-30)25(34-10-17)36-13-26(2,14-36)35-6-5-29/h3-4,7-8,10-12,15,32,35H,5-6,13-14,29,31H2,1-2H3/t15-/m1/s1. The summed E-state index contributed by atoms with van der Waals surface area (Å²) in [6.45, 7) is 6.65. The van der Waals surface area contributed by atoms with E-state index in [1.165, 1.54) is 12.4 Å². The Balaban J connectivity index is 1.54. The van der Waals surface area contributed by atoms with E-state index in [0.717, 1.165) is 6.54 Å². The largest absolute Gasteiger partial charge is 0.486 e. The Labute approximate surface area is 225 Å². The molecular formula is C26H28Cl2N8O. The monoisotopic (exact) mass is 538 g/mol. The fourth-order valence-electron chi connectivity index (χ4n) is 4.41. The first-order valence-corrected chi connectivity index (χ1v) is 12.5. The Hall–Kier alpha value is -3.42.